The molecule has 0 fully saturated rings. The number of benzene rings is 2. The first-order chi connectivity index (χ1) is 9.11. The van der Waals surface area contributed by atoms with Crippen molar-refractivity contribution in [2.75, 3.05) is 5.32 Å². The summed E-state index contributed by atoms with van der Waals surface area (Å²) in [6.45, 7) is 0. The van der Waals surface area contributed by atoms with Crippen molar-refractivity contribution in [2.45, 2.75) is 0 Å². The molecule has 0 aliphatic carbocycles. The maximum absolute atomic E-state index is 13.1. The largest absolute Gasteiger partial charge is 0.331 e. The Morgan fingerprint density at radius 2 is 1.95 bits per heavy atom. The van der Waals surface area contributed by atoms with E-state index in [1.54, 1.807) is 18.2 Å². The highest BCUT2D eigenvalue weighted by atomic mass is 79.9. The van der Waals surface area contributed by atoms with E-state index in [-0.39, 0.29) is 11.6 Å². The van der Waals surface area contributed by atoms with Gasteiger partial charge in [0.15, 0.2) is 5.13 Å². The number of fused-ring (bicyclic) bond motifs is 1. The van der Waals surface area contributed by atoms with Crippen LogP contribution in [0.3, 0.4) is 0 Å². The Bertz CT molecular complexity index is 757. The molecule has 2 nitrogen and oxygen atoms in total. The lowest BCUT2D eigenvalue weighted by molar-refractivity contribution is 0.621. The summed E-state index contributed by atoms with van der Waals surface area (Å²) < 4.78 is 27.3. The third kappa shape index (κ3) is 2.59. The number of rotatable bonds is 2. The smallest absolute Gasteiger partial charge is 0.188 e. The van der Waals surface area contributed by atoms with Gasteiger partial charge in [0, 0.05) is 5.69 Å². The Labute approximate surface area is 120 Å². The fourth-order valence-corrected chi connectivity index (χ4v) is 2.94. The highest BCUT2D eigenvalue weighted by Gasteiger charge is 2.06. The van der Waals surface area contributed by atoms with Gasteiger partial charge < -0.3 is 5.32 Å². The standard InChI is InChI=1S/C13H7BrF2N2S/c14-9-6-8(2-3-10(9)16)17-13-18-11-4-1-7(15)5-12(11)19-13/h1-6H,(H,17,18). The summed E-state index contributed by atoms with van der Waals surface area (Å²) in [4.78, 5) is 4.33. The number of hydrogen-bond acceptors (Lipinski definition) is 3. The van der Waals surface area contributed by atoms with Crippen LogP contribution < -0.4 is 5.32 Å². The normalized spacial score (nSPS) is 10.9. The van der Waals surface area contributed by atoms with E-state index in [2.05, 4.69) is 26.2 Å². The molecule has 3 rings (SSSR count). The fraction of sp³-hybridized carbons (Fsp3) is 0. The van der Waals surface area contributed by atoms with E-state index in [4.69, 9.17) is 0 Å². The van der Waals surface area contributed by atoms with Crippen molar-refractivity contribution in [2.24, 2.45) is 0 Å². The quantitative estimate of drug-likeness (QED) is 0.703. The molecular formula is C13H7BrF2N2S. The molecule has 0 bridgehead atoms. The van der Waals surface area contributed by atoms with Crippen molar-refractivity contribution < 1.29 is 8.78 Å². The third-order valence-corrected chi connectivity index (χ3v) is 4.06. The predicted molar refractivity (Wildman–Crippen MR) is 77.0 cm³/mol. The molecule has 0 saturated heterocycles. The van der Waals surface area contributed by atoms with Crippen molar-refractivity contribution in [1.29, 1.82) is 0 Å². The van der Waals surface area contributed by atoms with Gasteiger partial charge in [0.05, 0.1) is 14.7 Å². The first kappa shape index (κ1) is 12.5. The van der Waals surface area contributed by atoms with Gasteiger partial charge in [-0.25, -0.2) is 13.8 Å². The lowest BCUT2D eigenvalue weighted by atomic mass is 10.3. The van der Waals surface area contributed by atoms with Crippen molar-refractivity contribution in [3.63, 3.8) is 0 Å². The average Bonchev–Trinajstić information content (AvgIpc) is 2.75. The summed E-state index contributed by atoms with van der Waals surface area (Å²) in [5.74, 6) is -0.607. The van der Waals surface area contributed by atoms with Gasteiger partial charge in [0.1, 0.15) is 11.6 Å². The van der Waals surface area contributed by atoms with E-state index < -0.39 is 0 Å². The minimum absolute atomic E-state index is 0.285. The molecule has 3 aromatic rings. The van der Waals surface area contributed by atoms with Crippen LogP contribution in [0.25, 0.3) is 10.2 Å². The SMILES string of the molecule is Fc1ccc2nc(Nc3ccc(F)c(Br)c3)sc2c1. The molecule has 19 heavy (non-hydrogen) atoms. The summed E-state index contributed by atoms with van der Waals surface area (Å²) in [5, 5.41) is 3.71. The van der Waals surface area contributed by atoms with E-state index in [0.29, 0.717) is 15.3 Å². The van der Waals surface area contributed by atoms with Gasteiger partial charge >= 0.3 is 0 Å². The summed E-state index contributed by atoms with van der Waals surface area (Å²) in [7, 11) is 0. The Morgan fingerprint density at radius 1 is 1.11 bits per heavy atom. The summed E-state index contributed by atoms with van der Waals surface area (Å²) in [6, 6.07) is 9.06. The van der Waals surface area contributed by atoms with E-state index in [0.717, 1.165) is 10.2 Å². The maximum Gasteiger partial charge on any atom is 0.188 e. The zero-order chi connectivity index (χ0) is 13.4. The Hall–Kier alpha value is -1.53. The van der Waals surface area contributed by atoms with Gasteiger partial charge in [0.25, 0.3) is 0 Å². The molecule has 0 amide bonds. The van der Waals surface area contributed by atoms with Crippen LogP contribution in [0.15, 0.2) is 40.9 Å². The van der Waals surface area contributed by atoms with Crippen LogP contribution in [-0.2, 0) is 0 Å². The second-order valence-electron chi connectivity index (χ2n) is 3.88. The van der Waals surface area contributed by atoms with Crippen LogP contribution in [0.1, 0.15) is 0 Å². The molecule has 0 spiro atoms. The molecule has 0 aliphatic heterocycles. The molecule has 6 heteroatoms. The second-order valence-corrected chi connectivity index (χ2v) is 5.77. The second kappa shape index (κ2) is 4.86. The molecule has 1 N–H and O–H groups in total. The number of nitrogens with zero attached hydrogens (tertiary/aromatic N) is 1. The molecule has 0 saturated carbocycles. The van der Waals surface area contributed by atoms with Gasteiger partial charge in [-0.2, -0.15) is 0 Å². The minimum atomic E-state index is -0.322. The molecule has 1 heterocycles. The van der Waals surface area contributed by atoms with Gasteiger partial charge in [0.2, 0.25) is 0 Å². The van der Waals surface area contributed by atoms with Gasteiger partial charge in [-0.1, -0.05) is 11.3 Å². The predicted octanol–water partition coefficient (Wildman–Crippen LogP) is 5.08. The van der Waals surface area contributed by atoms with E-state index in [1.165, 1.54) is 29.5 Å². The van der Waals surface area contributed by atoms with Gasteiger partial charge in [-0.05, 0) is 52.3 Å². The highest BCUT2D eigenvalue weighted by molar-refractivity contribution is 9.10. The highest BCUT2D eigenvalue weighted by Crippen LogP contribution is 2.30. The number of hydrogen-bond donors (Lipinski definition) is 1. The number of aromatic nitrogens is 1. The van der Waals surface area contributed by atoms with Crippen molar-refractivity contribution in [1.82, 2.24) is 4.98 Å². The number of anilines is 2. The minimum Gasteiger partial charge on any atom is -0.331 e. The third-order valence-electron chi connectivity index (χ3n) is 2.52. The van der Waals surface area contributed by atoms with Crippen LogP contribution >= 0.6 is 27.3 Å². The summed E-state index contributed by atoms with van der Waals surface area (Å²) in [5.41, 5.74) is 1.45. The molecule has 2 aromatic carbocycles. The maximum atomic E-state index is 13.1. The average molecular weight is 341 g/mol. The molecule has 0 atom stereocenters. The Balaban J connectivity index is 1.94. The molecule has 96 valence electrons. The van der Waals surface area contributed by atoms with E-state index >= 15 is 0 Å². The molecular weight excluding hydrogens is 334 g/mol. The lowest BCUT2D eigenvalue weighted by Crippen LogP contribution is -1.89. The van der Waals surface area contributed by atoms with Gasteiger partial charge in [-0.3, -0.25) is 0 Å². The molecule has 1 aromatic heterocycles. The van der Waals surface area contributed by atoms with Gasteiger partial charge in [-0.15, -0.1) is 0 Å². The van der Waals surface area contributed by atoms with Crippen LogP contribution in [-0.4, -0.2) is 4.98 Å². The van der Waals surface area contributed by atoms with Crippen LogP contribution in [0.5, 0.6) is 0 Å². The first-order valence-corrected chi connectivity index (χ1v) is 7.01. The van der Waals surface area contributed by atoms with Crippen molar-refractivity contribution in [3.05, 3.63) is 52.5 Å². The van der Waals surface area contributed by atoms with E-state index in [1.807, 2.05) is 0 Å². The first-order valence-electron chi connectivity index (χ1n) is 5.40. The zero-order valence-electron chi connectivity index (χ0n) is 9.45. The van der Waals surface area contributed by atoms with Crippen LogP contribution in [0, 0.1) is 11.6 Å². The molecule has 0 aliphatic rings. The van der Waals surface area contributed by atoms with Crippen LogP contribution in [0.4, 0.5) is 19.6 Å². The topological polar surface area (TPSA) is 24.9 Å². The number of halogens is 3. The Kier molecular flexibility index (Phi) is 3.20. The number of thiazole rings is 1. The Morgan fingerprint density at radius 3 is 2.74 bits per heavy atom. The monoisotopic (exact) mass is 340 g/mol. The van der Waals surface area contributed by atoms with E-state index in [9.17, 15) is 8.78 Å². The molecule has 0 radical (unpaired) electrons. The molecule has 0 unspecified atom stereocenters. The lowest BCUT2D eigenvalue weighted by Gasteiger charge is -2.03. The van der Waals surface area contributed by atoms with Crippen LogP contribution in [0.2, 0.25) is 0 Å². The zero-order valence-corrected chi connectivity index (χ0v) is 11.9. The fourth-order valence-electron chi connectivity index (χ4n) is 1.65. The number of nitrogens with one attached hydrogen (secondary N) is 1. The van der Waals surface area contributed by atoms with Crippen molar-refractivity contribution >= 4 is 48.3 Å². The van der Waals surface area contributed by atoms with Crippen molar-refractivity contribution in [3.8, 4) is 0 Å². The summed E-state index contributed by atoms with van der Waals surface area (Å²) in [6.07, 6.45) is 0. The summed E-state index contributed by atoms with van der Waals surface area (Å²) >= 11 is 4.47.